The number of nitrogens with two attached hydrogens (primary N) is 1. The van der Waals surface area contributed by atoms with Gasteiger partial charge in [0.1, 0.15) is 5.82 Å². The summed E-state index contributed by atoms with van der Waals surface area (Å²) in [5.74, 6) is -1.57. The molecule has 1 aromatic rings. The van der Waals surface area contributed by atoms with Crippen LogP contribution in [0.1, 0.15) is 6.92 Å². The van der Waals surface area contributed by atoms with Crippen molar-refractivity contribution in [3.05, 3.63) is 28.5 Å². The van der Waals surface area contributed by atoms with Crippen LogP contribution in [0.3, 0.4) is 0 Å². The minimum atomic E-state index is -0.631. The van der Waals surface area contributed by atoms with E-state index in [0.29, 0.717) is 4.47 Å². The molecule has 0 saturated carbocycles. The van der Waals surface area contributed by atoms with Crippen molar-refractivity contribution in [2.75, 3.05) is 5.32 Å². The van der Waals surface area contributed by atoms with Gasteiger partial charge in [0.2, 0.25) is 5.91 Å². The van der Waals surface area contributed by atoms with E-state index in [-0.39, 0.29) is 10.7 Å². The predicted molar refractivity (Wildman–Crippen MR) is 68.7 cm³/mol. The van der Waals surface area contributed by atoms with Gasteiger partial charge in [0.05, 0.1) is 16.6 Å². The summed E-state index contributed by atoms with van der Waals surface area (Å²) in [4.78, 5) is 11.6. The third-order valence-corrected chi connectivity index (χ3v) is 2.85. The van der Waals surface area contributed by atoms with E-state index in [1.807, 2.05) is 0 Å². The number of anilines is 1. The van der Waals surface area contributed by atoms with Crippen molar-refractivity contribution in [1.29, 1.82) is 0 Å². The summed E-state index contributed by atoms with van der Waals surface area (Å²) >= 11 is 7.87. The van der Waals surface area contributed by atoms with Crippen LogP contribution < -0.4 is 11.1 Å². The van der Waals surface area contributed by atoms with Crippen LogP contribution in [0, 0.1) is 11.7 Å². The third-order valence-electron chi connectivity index (χ3n) is 2.01. The molecule has 0 aliphatic carbocycles. The molecule has 16 heavy (non-hydrogen) atoms. The molecule has 0 fully saturated rings. The molecule has 0 aliphatic heterocycles. The van der Waals surface area contributed by atoms with Gasteiger partial charge in [0, 0.05) is 4.47 Å². The third kappa shape index (κ3) is 3.24. The maximum Gasteiger partial charge on any atom is 0.234 e. The number of rotatable bonds is 3. The van der Waals surface area contributed by atoms with Crippen molar-refractivity contribution in [2.45, 2.75) is 6.92 Å². The van der Waals surface area contributed by atoms with E-state index in [1.54, 1.807) is 13.0 Å². The molecule has 0 aromatic heterocycles. The second kappa shape index (κ2) is 5.36. The molecule has 0 bridgehead atoms. The zero-order chi connectivity index (χ0) is 12.3. The van der Waals surface area contributed by atoms with E-state index in [0.717, 1.165) is 0 Å². The average molecular weight is 305 g/mol. The lowest BCUT2D eigenvalue weighted by Crippen LogP contribution is -2.31. The highest BCUT2D eigenvalue weighted by Crippen LogP contribution is 2.20. The molecule has 0 spiro atoms. The number of halogens is 2. The molecular weight excluding hydrogens is 295 g/mol. The first-order valence-electron chi connectivity index (χ1n) is 4.47. The molecule has 0 heterocycles. The Morgan fingerprint density at radius 2 is 2.25 bits per heavy atom. The van der Waals surface area contributed by atoms with Crippen LogP contribution in [0.2, 0.25) is 0 Å². The van der Waals surface area contributed by atoms with E-state index < -0.39 is 17.6 Å². The van der Waals surface area contributed by atoms with E-state index in [2.05, 4.69) is 33.5 Å². The lowest BCUT2D eigenvalue weighted by atomic mass is 10.1. The predicted octanol–water partition coefficient (Wildman–Crippen LogP) is 2.45. The largest absolute Gasteiger partial charge is 0.393 e. The molecule has 6 heteroatoms. The average Bonchev–Trinajstić information content (AvgIpc) is 2.22. The highest BCUT2D eigenvalue weighted by Gasteiger charge is 2.17. The summed E-state index contributed by atoms with van der Waals surface area (Å²) < 4.78 is 14.0. The van der Waals surface area contributed by atoms with Gasteiger partial charge in [0.25, 0.3) is 0 Å². The highest BCUT2D eigenvalue weighted by atomic mass is 79.9. The summed E-state index contributed by atoms with van der Waals surface area (Å²) in [6.07, 6.45) is 0. The van der Waals surface area contributed by atoms with Gasteiger partial charge in [-0.15, -0.1) is 0 Å². The number of amides is 1. The molecule has 1 unspecified atom stereocenters. The normalized spacial score (nSPS) is 11.9. The second-order valence-electron chi connectivity index (χ2n) is 3.24. The fourth-order valence-corrected chi connectivity index (χ4v) is 1.43. The van der Waals surface area contributed by atoms with Crippen molar-refractivity contribution in [3.63, 3.8) is 0 Å². The highest BCUT2D eigenvalue weighted by molar-refractivity contribution is 9.10. The minimum absolute atomic E-state index is 0.0768. The Balaban J connectivity index is 2.84. The summed E-state index contributed by atoms with van der Waals surface area (Å²) in [6, 6.07) is 4.27. The van der Waals surface area contributed by atoms with Gasteiger partial charge in [-0.3, -0.25) is 4.79 Å². The van der Waals surface area contributed by atoms with Gasteiger partial charge in [0.15, 0.2) is 0 Å². The van der Waals surface area contributed by atoms with Crippen LogP contribution in [-0.4, -0.2) is 10.9 Å². The van der Waals surface area contributed by atoms with Crippen LogP contribution in [0.15, 0.2) is 22.7 Å². The minimum Gasteiger partial charge on any atom is -0.393 e. The fraction of sp³-hybridized carbons (Fsp3) is 0.200. The Morgan fingerprint density at radius 3 is 2.81 bits per heavy atom. The lowest BCUT2D eigenvalue weighted by molar-refractivity contribution is -0.117. The maximum absolute atomic E-state index is 13.3. The Kier molecular flexibility index (Phi) is 4.37. The Morgan fingerprint density at radius 1 is 1.62 bits per heavy atom. The van der Waals surface area contributed by atoms with Gasteiger partial charge in [-0.25, -0.2) is 4.39 Å². The summed E-state index contributed by atoms with van der Waals surface area (Å²) in [6.45, 7) is 1.56. The Labute approximate surface area is 106 Å². The van der Waals surface area contributed by atoms with Crippen LogP contribution in [-0.2, 0) is 4.79 Å². The number of nitrogens with one attached hydrogen (secondary N) is 1. The molecule has 3 N–H and O–H groups in total. The van der Waals surface area contributed by atoms with Crippen molar-refractivity contribution >= 4 is 44.7 Å². The molecular formula is C10H10BrFN2OS. The number of carbonyl (C=O) groups excluding carboxylic acids is 1. The topological polar surface area (TPSA) is 55.1 Å². The zero-order valence-corrected chi connectivity index (χ0v) is 10.9. The van der Waals surface area contributed by atoms with Gasteiger partial charge in [-0.05, 0) is 25.1 Å². The Bertz CT molecular complexity index is 439. The first kappa shape index (κ1) is 13.1. The Hall–Kier alpha value is -1.01. The van der Waals surface area contributed by atoms with Crippen LogP contribution in [0.4, 0.5) is 10.1 Å². The molecule has 3 nitrogen and oxygen atoms in total. The van der Waals surface area contributed by atoms with Gasteiger partial charge in [-0.2, -0.15) is 0 Å². The van der Waals surface area contributed by atoms with E-state index in [1.165, 1.54) is 12.1 Å². The van der Waals surface area contributed by atoms with Crippen LogP contribution in [0.25, 0.3) is 0 Å². The molecule has 1 amide bonds. The van der Waals surface area contributed by atoms with E-state index in [4.69, 9.17) is 5.73 Å². The summed E-state index contributed by atoms with van der Waals surface area (Å²) in [7, 11) is 0. The van der Waals surface area contributed by atoms with Gasteiger partial charge >= 0.3 is 0 Å². The number of hydrogen-bond acceptors (Lipinski definition) is 2. The van der Waals surface area contributed by atoms with E-state index >= 15 is 0 Å². The quantitative estimate of drug-likeness (QED) is 0.843. The number of thiocarbonyl (C=S) groups is 1. The molecule has 0 saturated heterocycles. The molecule has 86 valence electrons. The van der Waals surface area contributed by atoms with E-state index in [9.17, 15) is 9.18 Å². The van der Waals surface area contributed by atoms with Crippen LogP contribution >= 0.6 is 28.1 Å². The lowest BCUT2D eigenvalue weighted by Gasteiger charge is -2.11. The number of benzene rings is 1. The smallest absolute Gasteiger partial charge is 0.234 e. The standard InChI is InChI=1S/C10H10BrFN2OS/c1-5(9(13)16)10(15)14-8-4-6(11)2-3-7(8)12/h2-5H,1H3,(H2,13,16)(H,14,15). The molecule has 0 radical (unpaired) electrons. The maximum atomic E-state index is 13.3. The van der Waals surface area contributed by atoms with Crippen molar-refractivity contribution in [1.82, 2.24) is 0 Å². The van der Waals surface area contributed by atoms with Crippen molar-refractivity contribution in [2.24, 2.45) is 11.7 Å². The van der Waals surface area contributed by atoms with Crippen LogP contribution in [0.5, 0.6) is 0 Å². The first-order chi connectivity index (χ1) is 7.41. The second-order valence-corrected chi connectivity index (χ2v) is 4.62. The SMILES string of the molecule is CC(C(=O)Nc1cc(Br)ccc1F)C(N)=S. The number of carbonyl (C=O) groups is 1. The molecule has 1 atom stereocenters. The van der Waals surface area contributed by atoms with Crippen molar-refractivity contribution < 1.29 is 9.18 Å². The first-order valence-corrected chi connectivity index (χ1v) is 5.67. The fourth-order valence-electron chi connectivity index (χ4n) is 0.963. The monoisotopic (exact) mass is 304 g/mol. The van der Waals surface area contributed by atoms with Gasteiger partial charge in [-0.1, -0.05) is 28.1 Å². The molecule has 1 aromatic carbocycles. The summed E-state index contributed by atoms with van der Waals surface area (Å²) in [5.41, 5.74) is 5.43. The number of hydrogen-bond donors (Lipinski definition) is 2. The molecule has 1 rings (SSSR count). The molecule has 0 aliphatic rings. The zero-order valence-electron chi connectivity index (χ0n) is 8.46. The van der Waals surface area contributed by atoms with Crippen molar-refractivity contribution in [3.8, 4) is 0 Å². The summed E-state index contributed by atoms with van der Waals surface area (Å²) in [5, 5.41) is 2.42. The van der Waals surface area contributed by atoms with Gasteiger partial charge < -0.3 is 11.1 Å².